The highest BCUT2D eigenvalue weighted by Gasteiger charge is 2.08. The average Bonchev–Trinajstić information content (AvgIpc) is 2.99. The molecule has 0 aliphatic rings. The molecule has 1 N–H and O–H groups in total. The largest absolute Gasteiger partial charge is 0.468 e. The number of pyridine rings is 1. The Balaban J connectivity index is 1.79. The van der Waals surface area contributed by atoms with Gasteiger partial charge in [-0.1, -0.05) is 24.3 Å². The summed E-state index contributed by atoms with van der Waals surface area (Å²) >= 11 is 0. The van der Waals surface area contributed by atoms with E-state index in [9.17, 15) is 0 Å². The zero-order valence-electron chi connectivity index (χ0n) is 10.8. The summed E-state index contributed by atoms with van der Waals surface area (Å²) in [7, 11) is 0. The van der Waals surface area contributed by atoms with Crippen LogP contribution < -0.4 is 5.32 Å². The van der Waals surface area contributed by atoms with Crippen molar-refractivity contribution < 1.29 is 4.42 Å². The third-order valence-corrected chi connectivity index (χ3v) is 3.32. The van der Waals surface area contributed by atoms with Crippen molar-refractivity contribution in [2.75, 3.05) is 0 Å². The lowest BCUT2D eigenvalue weighted by molar-refractivity contribution is 0.430. The van der Waals surface area contributed by atoms with Gasteiger partial charge >= 0.3 is 0 Å². The van der Waals surface area contributed by atoms with Gasteiger partial charge in [0.1, 0.15) is 5.76 Å². The lowest BCUT2D eigenvalue weighted by atomic mass is 10.1. The van der Waals surface area contributed by atoms with Gasteiger partial charge in [0.25, 0.3) is 0 Å². The summed E-state index contributed by atoms with van der Waals surface area (Å²) in [6, 6.07) is 12.4. The molecule has 0 bridgehead atoms. The van der Waals surface area contributed by atoms with Crippen LogP contribution in [0.3, 0.4) is 0 Å². The summed E-state index contributed by atoms with van der Waals surface area (Å²) < 4.78 is 5.39. The lowest BCUT2D eigenvalue weighted by Crippen LogP contribution is -2.17. The molecule has 1 aromatic carbocycles. The van der Waals surface area contributed by atoms with Crippen molar-refractivity contribution in [2.24, 2.45) is 0 Å². The van der Waals surface area contributed by atoms with E-state index in [-0.39, 0.29) is 6.04 Å². The van der Waals surface area contributed by atoms with E-state index in [0.717, 1.165) is 12.3 Å². The first kappa shape index (κ1) is 11.9. The molecular weight excluding hydrogens is 236 g/mol. The van der Waals surface area contributed by atoms with Gasteiger partial charge < -0.3 is 9.73 Å². The second kappa shape index (κ2) is 5.24. The number of hydrogen-bond acceptors (Lipinski definition) is 3. The zero-order chi connectivity index (χ0) is 13.1. The Kier molecular flexibility index (Phi) is 3.29. The molecule has 0 amide bonds. The van der Waals surface area contributed by atoms with Crippen LogP contribution in [0.25, 0.3) is 10.8 Å². The SMILES string of the molecule is C[C@H](NCc1cncc2ccccc12)c1ccco1. The number of furan rings is 1. The van der Waals surface area contributed by atoms with Crippen molar-refractivity contribution in [2.45, 2.75) is 19.5 Å². The zero-order valence-corrected chi connectivity index (χ0v) is 10.8. The molecule has 19 heavy (non-hydrogen) atoms. The third-order valence-electron chi connectivity index (χ3n) is 3.32. The fourth-order valence-corrected chi connectivity index (χ4v) is 2.22. The molecular formula is C16H16N2O. The molecule has 96 valence electrons. The Bertz CT molecular complexity index is 656. The standard InChI is InChI=1S/C16H16N2O/c1-12(16-7-4-8-19-16)18-11-14-10-17-9-13-5-2-3-6-15(13)14/h2-10,12,18H,11H2,1H3/t12-/m0/s1. The van der Waals surface area contributed by atoms with Crippen LogP contribution in [0.15, 0.2) is 59.5 Å². The van der Waals surface area contributed by atoms with E-state index in [1.807, 2.05) is 30.6 Å². The molecule has 3 aromatic rings. The fourth-order valence-electron chi connectivity index (χ4n) is 2.22. The van der Waals surface area contributed by atoms with Gasteiger partial charge in [-0.15, -0.1) is 0 Å². The average molecular weight is 252 g/mol. The number of nitrogens with zero attached hydrogens (tertiary/aromatic N) is 1. The van der Waals surface area contributed by atoms with Crippen molar-refractivity contribution in [3.63, 3.8) is 0 Å². The molecule has 0 aliphatic heterocycles. The van der Waals surface area contributed by atoms with Crippen LogP contribution in [0.4, 0.5) is 0 Å². The number of rotatable bonds is 4. The highest BCUT2D eigenvalue weighted by atomic mass is 16.3. The molecule has 0 radical (unpaired) electrons. The van der Waals surface area contributed by atoms with E-state index in [1.165, 1.54) is 16.3 Å². The number of hydrogen-bond donors (Lipinski definition) is 1. The quantitative estimate of drug-likeness (QED) is 0.769. The van der Waals surface area contributed by atoms with Gasteiger partial charge in [0.15, 0.2) is 0 Å². The molecule has 3 nitrogen and oxygen atoms in total. The Morgan fingerprint density at radius 1 is 1.16 bits per heavy atom. The molecule has 3 rings (SSSR count). The van der Waals surface area contributed by atoms with Gasteiger partial charge in [-0.3, -0.25) is 4.98 Å². The smallest absolute Gasteiger partial charge is 0.120 e. The molecule has 0 aliphatic carbocycles. The maximum atomic E-state index is 5.39. The van der Waals surface area contributed by atoms with Gasteiger partial charge in [0, 0.05) is 24.3 Å². The van der Waals surface area contributed by atoms with Gasteiger partial charge in [0.2, 0.25) is 0 Å². The van der Waals surface area contributed by atoms with E-state index < -0.39 is 0 Å². The predicted molar refractivity (Wildman–Crippen MR) is 75.7 cm³/mol. The van der Waals surface area contributed by atoms with Gasteiger partial charge in [-0.05, 0) is 30.0 Å². The second-order valence-corrected chi connectivity index (χ2v) is 4.64. The molecule has 1 atom stereocenters. The van der Waals surface area contributed by atoms with E-state index in [2.05, 4.69) is 35.4 Å². The molecule has 2 heterocycles. The van der Waals surface area contributed by atoms with E-state index in [1.54, 1.807) is 6.26 Å². The normalized spacial score (nSPS) is 12.7. The van der Waals surface area contributed by atoms with Crippen molar-refractivity contribution in [3.05, 3.63) is 66.4 Å². The monoisotopic (exact) mass is 252 g/mol. The Morgan fingerprint density at radius 2 is 2.05 bits per heavy atom. The maximum Gasteiger partial charge on any atom is 0.120 e. The fraction of sp³-hybridized carbons (Fsp3) is 0.188. The van der Waals surface area contributed by atoms with Crippen LogP contribution >= 0.6 is 0 Å². The van der Waals surface area contributed by atoms with Crippen molar-refractivity contribution in [1.29, 1.82) is 0 Å². The highest BCUT2D eigenvalue weighted by Crippen LogP contribution is 2.18. The maximum absolute atomic E-state index is 5.39. The molecule has 3 heteroatoms. The summed E-state index contributed by atoms with van der Waals surface area (Å²) in [5.74, 6) is 0.952. The van der Waals surface area contributed by atoms with Crippen LogP contribution in [0, 0.1) is 0 Å². The molecule has 0 fully saturated rings. The third kappa shape index (κ3) is 2.51. The van der Waals surface area contributed by atoms with Crippen molar-refractivity contribution in [1.82, 2.24) is 10.3 Å². The molecule has 0 saturated carbocycles. The van der Waals surface area contributed by atoms with Gasteiger partial charge in [-0.2, -0.15) is 0 Å². The number of fused-ring (bicyclic) bond motifs is 1. The highest BCUT2D eigenvalue weighted by molar-refractivity contribution is 5.84. The molecule has 2 aromatic heterocycles. The summed E-state index contributed by atoms with van der Waals surface area (Å²) in [4.78, 5) is 4.29. The van der Waals surface area contributed by atoms with E-state index >= 15 is 0 Å². The Hall–Kier alpha value is -2.13. The van der Waals surface area contributed by atoms with Crippen molar-refractivity contribution in [3.8, 4) is 0 Å². The van der Waals surface area contributed by atoms with Gasteiger partial charge in [-0.25, -0.2) is 0 Å². The topological polar surface area (TPSA) is 38.1 Å². The summed E-state index contributed by atoms with van der Waals surface area (Å²) in [6.45, 7) is 2.87. The minimum Gasteiger partial charge on any atom is -0.468 e. The first-order valence-electron chi connectivity index (χ1n) is 6.43. The van der Waals surface area contributed by atoms with E-state index in [4.69, 9.17) is 4.42 Å². The summed E-state index contributed by atoms with van der Waals surface area (Å²) in [5, 5.41) is 5.88. The van der Waals surface area contributed by atoms with Crippen LogP contribution in [-0.2, 0) is 6.54 Å². The van der Waals surface area contributed by atoms with Crippen LogP contribution in [0.1, 0.15) is 24.3 Å². The minimum atomic E-state index is 0.189. The first-order chi connectivity index (χ1) is 9.34. The number of nitrogens with one attached hydrogen (secondary N) is 1. The van der Waals surface area contributed by atoms with E-state index in [0.29, 0.717) is 0 Å². The van der Waals surface area contributed by atoms with Gasteiger partial charge in [0.05, 0.1) is 12.3 Å². The number of benzene rings is 1. The first-order valence-corrected chi connectivity index (χ1v) is 6.43. The Morgan fingerprint density at radius 3 is 2.89 bits per heavy atom. The van der Waals surface area contributed by atoms with Crippen LogP contribution in [0.2, 0.25) is 0 Å². The molecule has 0 spiro atoms. The lowest BCUT2D eigenvalue weighted by Gasteiger charge is -2.12. The van der Waals surface area contributed by atoms with Crippen LogP contribution in [-0.4, -0.2) is 4.98 Å². The summed E-state index contributed by atoms with van der Waals surface area (Å²) in [5.41, 5.74) is 1.21. The predicted octanol–water partition coefficient (Wildman–Crippen LogP) is 3.68. The Labute approximate surface area is 112 Å². The minimum absolute atomic E-state index is 0.189. The number of aromatic nitrogens is 1. The summed E-state index contributed by atoms with van der Waals surface area (Å²) in [6.07, 6.45) is 5.52. The molecule has 0 saturated heterocycles. The second-order valence-electron chi connectivity index (χ2n) is 4.64. The van der Waals surface area contributed by atoms with Crippen molar-refractivity contribution >= 4 is 10.8 Å². The molecule has 0 unspecified atom stereocenters. The van der Waals surface area contributed by atoms with Crippen LogP contribution in [0.5, 0.6) is 0 Å².